The summed E-state index contributed by atoms with van der Waals surface area (Å²) in [4.78, 5) is 6.52. The second kappa shape index (κ2) is 5.78. The molecule has 0 N–H and O–H groups in total. The molecule has 1 aliphatic rings. The molecule has 2 heterocycles. The van der Waals surface area contributed by atoms with Crippen molar-refractivity contribution < 1.29 is 9.47 Å². The Balaban J connectivity index is 2.32. The third-order valence-corrected chi connectivity index (χ3v) is 3.38. The lowest BCUT2D eigenvalue weighted by Crippen LogP contribution is -2.54. The monoisotopic (exact) mass is 275 g/mol. The maximum absolute atomic E-state index is 9.36. The van der Waals surface area contributed by atoms with Crippen molar-refractivity contribution in [2.24, 2.45) is 0 Å². The quantitative estimate of drug-likeness (QED) is 0.843. The molecule has 0 aliphatic carbocycles. The summed E-state index contributed by atoms with van der Waals surface area (Å²) in [5.74, 6) is 0.741. The zero-order valence-electron chi connectivity index (χ0n) is 12.5. The fourth-order valence-corrected chi connectivity index (χ4v) is 2.65. The van der Waals surface area contributed by atoms with Gasteiger partial charge in [-0.25, -0.2) is 4.98 Å². The van der Waals surface area contributed by atoms with Crippen LogP contribution in [-0.4, -0.2) is 43.5 Å². The maximum atomic E-state index is 9.36. The summed E-state index contributed by atoms with van der Waals surface area (Å²) in [6.45, 7) is 7.95. The van der Waals surface area contributed by atoms with Gasteiger partial charge in [0.05, 0.1) is 23.9 Å². The largest absolute Gasteiger partial charge is 0.382 e. The Hall–Kier alpha value is -1.64. The van der Waals surface area contributed by atoms with Crippen LogP contribution in [0.2, 0.25) is 0 Å². The molecule has 1 saturated heterocycles. The highest BCUT2D eigenvalue weighted by atomic mass is 16.5. The van der Waals surface area contributed by atoms with Crippen molar-refractivity contribution in [3.05, 3.63) is 23.4 Å². The number of rotatable bonds is 3. The summed E-state index contributed by atoms with van der Waals surface area (Å²) >= 11 is 0. The van der Waals surface area contributed by atoms with Gasteiger partial charge in [-0.15, -0.1) is 0 Å². The van der Waals surface area contributed by atoms with Gasteiger partial charge >= 0.3 is 0 Å². The highest BCUT2D eigenvalue weighted by molar-refractivity contribution is 5.57. The van der Waals surface area contributed by atoms with Crippen LogP contribution in [0.15, 0.2) is 12.3 Å². The fourth-order valence-electron chi connectivity index (χ4n) is 2.65. The molecule has 0 radical (unpaired) electrons. The number of methoxy groups -OCH3 is 1. The summed E-state index contributed by atoms with van der Waals surface area (Å²) < 4.78 is 11.2. The first-order chi connectivity index (χ1) is 9.46. The van der Waals surface area contributed by atoms with Gasteiger partial charge in [-0.1, -0.05) is 0 Å². The molecular weight excluding hydrogens is 254 g/mol. The molecule has 0 amide bonds. The summed E-state index contributed by atoms with van der Waals surface area (Å²) in [6, 6.07) is 4.12. The van der Waals surface area contributed by atoms with E-state index in [1.165, 1.54) is 0 Å². The zero-order valence-corrected chi connectivity index (χ0v) is 12.5. The minimum atomic E-state index is -0.292. The SMILES string of the molecule is COC[C@@H]1CN(c2nccc(C)c2C#N)CC(C)(C)O1. The molecule has 5 nitrogen and oxygen atoms in total. The highest BCUT2D eigenvalue weighted by Crippen LogP contribution is 2.28. The minimum Gasteiger partial charge on any atom is -0.382 e. The standard InChI is InChI=1S/C15H21N3O2/c1-11-5-6-17-14(13(11)7-16)18-8-12(9-19-4)20-15(2,3)10-18/h5-6,12H,8-10H2,1-4H3/t12-/m0/s1. The van der Waals surface area contributed by atoms with Gasteiger partial charge in [0.2, 0.25) is 0 Å². The fraction of sp³-hybridized carbons (Fsp3) is 0.600. The first-order valence-corrected chi connectivity index (χ1v) is 6.74. The van der Waals surface area contributed by atoms with E-state index in [1.807, 2.05) is 26.8 Å². The number of aryl methyl sites for hydroxylation is 1. The van der Waals surface area contributed by atoms with E-state index >= 15 is 0 Å². The van der Waals surface area contributed by atoms with Gasteiger partial charge in [-0.2, -0.15) is 5.26 Å². The predicted octanol–water partition coefficient (Wildman–Crippen LogP) is 1.89. The van der Waals surface area contributed by atoms with E-state index in [0.717, 1.165) is 11.4 Å². The van der Waals surface area contributed by atoms with E-state index < -0.39 is 0 Å². The van der Waals surface area contributed by atoms with Crippen molar-refractivity contribution in [2.75, 3.05) is 31.7 Å². The van der Waals surface area contributed by atoms with Crippen molar-refractivity contribution in [2.45, 2.75) is 32.5 Å². The van der Waals surface area contributed by atoms with Crippen molar-refractivity contribution in [1.29, 1.82) is 5.26 Å². The highest BCUT2D eigenvalue weighted by Gasteiger charge is 2.34. The van der Waals surface area contributed by atoms with E-state index in [1.54, 1.807) is 13.3 Å². The number of nitriles is 1. The Bertz CT molecular complexity index is 522. The number of hydrogen-bond donors (Lipinski definition) is 0. The summed E-state index contributed by atoms with van der Waals surface area (Å²) in [5.41, 5.74) is 1.30. The average Bonchev–Trinajstić information content (AvgIpc) is 2.37. The molecule has 0 unspecified atom stereocenters. The first kappa shape index (κ1) is 14.8. The molecule has 1 aliphatic heterocycles. The second-order valence-electron chi connectivity index (χ2n) is 5.77. The molecule has 5 heteroatoms. The molecule has 0 bridgehead atoms. The molecule has 1 atom stereocenters. The maximum Gasteiger partial charge on any atom is 0.146 e. The second-order valence-corrected chi connectivity index (χ2v) is 5.77. The van der Waals surface area contributed by atoms with Crippen LogP contribution >= 0.6 is 0 Å². The lowest BCUT2D eigenvalue weighted by atomic mass is 10.0. The Morgan fingerprint density at radius 3 is 3.00 bits per heavy atom. The van der Waals surface area contributed by atoms with E-state index in [9.17, 15) is 5.26 Å². The Morgan fingerprint density at radius 2 is 2.35 bits per heavy atom. The zero-order chi connectivity index (χ0) is 14.8. The molecular formula is C15H21N3O2. The van der Waals surface area contributed by atoms with Crippen molar-refractivity contribution >= 4 is 5.82 Å². The van der Waals surface area contributed by atoms with Gasteiger partial charge in [0, 0.05) is 26.4 Å². The Kier molecular flexibility index (Phi) is 4.26. The van der Waals surface area contributed by atoms with Crippen LogP contribution in [0.25, 0.3) is 0 Å². The molecule has 0 saturated carbocycles. The molecule has 20 heavy (non-hydrogen) atoms. The van der Waals surface area contributed by atoms with Crippen LogP contribution in [-0.2, 0) is 9.47 Å². The number of morpholine rings is 1. The van der Waals surface area contributed by atoms with E-state index in [2.05, 4.69) is 16.0 Å². The normalized spacial score (nSPS) is 21.6. The lowest BCUT2D eigenvalue weighted by Gasteiger charge is -2.43. The van der Waals surface area contributed by atoms with E-state index in [0.29, 0.717) is 25.3 Å². The molecule has 0 spiro atoms. The average molecular weight is 275 g/mol. The van der Waals surface area contributed by atoms with Gasteiger partial charge in [0.15, 0.2) is 0 Å². The first-order valence-electron chi connectivity index (χ1n) is 6.74. The van der Waals surface area contributed by atoms with Crippen molar-refractivity contribution in [1.82, 2.24) is 4.98 Å². The molecule has 1 aromatic rings. The van der Waals surface area contributed by atoms with Crippen molar-refractivity contribution in [3.8, 4) is 6.07 Å². The van der Waals surface area contributed by atoms with Crippen LogP contribution in [0.3, 0.4) is 0 Å². The summed E-state index contributed by atoms with van der Waals surface area (Å²) in [6.07, 6.45) is 1.73. The smallest absolute Gasteiger partial charge is 0.146 e. The predicted molar refractivity (Wildman–Crippen MR) is 76.7 cm³/mol. The molecule has 1 aromatic heterocycles. The number of nitrogens with zero attached hydrogens (tertiary/aromatic N) is 3. The Morgan fingerprint density at radius 1 is 1.60 bits per heavy atom. The Labute approximate surface area is 120 Å². The van der Waals surface area contributed by atoms with Crippen LogP contribution in [0.5, 0.6) is 0 Å². The molecule has 0 aromatic carbocycles. The number of pyridine rings is 1. The number of ether oxygens (including phenoxy) is 2. The third-order valence-electron chi connectivity index (χ3n) is 3.38. The van der Waals surface area contributed by atoms with Gasteiger partial charge in [0.25, 0.3) is 0 Å². The van der Waals surface area contributed by atoms with E-state index in [-0.39, 0.29) is 11.7 Å². The number of aromatic nitrogens is 1. The van der Waals surface area contributed by atoms with Crippen LogP contribution in [0.1, 0.15) is 25.0 Å². The van der Waals surface area contributed by atoms with Gasteiger partial charge in [-0.3, -0.25) is 0 Å². The molecule has 1 fully saturated rings. The lowest BCUT2D eigenvalue weighted by molar-refractivity contribution is -0.106. The van der Waals surface area contributed by atoms with Crippen molar-refractivity contribution in [3.63, 3.8) is 0 Å². The third kappa shape index (κ3) is 3.09. The topological polar surface area (TPSA) is 58.4 Å². The van der Waals surface area contributed by atoms with E-state index in [4.69, 9.17) is 9.47 Å². The van der Waals surface area contributed by atoms with Crippen LogP contribution in [0, 0.1) is 18.3 Å². The molecule has 2 rings (SSSR count). The van der Waals surface area contributed by atoms with Gasteiger partial charge in [-0.05, 0) is 32.4 Å². The van der Waals surface area contributed by atoms with Crippen LogP contribution in [0.4, 0.5) is 5.82 Å². The van der Waals surface area contributed by atoms with Gasteiger partial charge < -0.3 is 14.4 Å². The summed E-state index contributed by atoms with van der Waals surface area (Å²) in [5, 5.41) is 9.36. The summed E-state index contributed by atoms with van der Waals surface area (Å²) in [7, 11) is 1.67. The van der Waals surface area contributed by atoms with Crippen LogP contribution < -0.4 is 4.90 Å². The number of hydrogen-bond acceptors (Lipinski definition) is 5. The molecule has 108 valence electrons. The number of anilines is 1. The minimum absolute atomic E-state index is 0.0161. The van der Waals surface area contributed by atoms with Gasteiger partial charge in [0.1, 0.15) is 11.9 Å².